The van der Waals surface area contributed by atoms with Gasteiger partial charge in [-0.15, -0.1) is 10.2 Å². The summed E-state index contributed by atoms with van der Waals surface area (Å²) in [5.41, 5.74) is 2.94. The highest BCUT2D eigenvalue weighted by Gasteiger charge is 2.19. The van der Waals surface area contributed by atoms with Crippen LogP contribution < -0.4 is 10.6 Å². The Kier molecular flexibility index (Phi) is 5.24. The number of anilines is 1. The van der Waals surface area contributed by atoms with Crippen molar-refractivity contribution >= 4 is 11.7 Å². The van der Waals surface area contributed by atoms with Gasteiger partial charge in [-0.3, -0.25) is 4.79 Å². The summed E-state index contributed by atoms with van der Waals surface area (Å²) in [7, 11) is 0. The van der Waals surface area contributed by atoms with E-state index < -0.39 is 0 Å². The van der Waals surface area contributed by atoms with Crippen molar-refractivity contribution in [3.8, 4) is 5.69 Å². The Bertz CT molecular complexity index is 932. The Labute approximate surface area is 162 Å². The highest BCUT2D eigenvalue weighted by molar-refractivity contribution is 5.92. The Morgan fingerprint density at radius 3 is 2.57 bits per heavy atom. The van der Waals surface area contributed by atoms with Crippen LogP contribution in [0.4, 0.5) is 5.82 Å². The zero-order valence-corrected chi connectivity index (χ0v) is 15.7. The molecular formula is C19H22N8O. The smallest absolute Gasteiger partial charge is 0.274 e. The van der Waals surface area contributed by atoms with Gasteiger partial charge >= 0.3 is 0 Å². The van der Waals surface area contributed by atoms with Crippen molar-refractivity contribution in [2.75, 3.05) is 31.5 Å². The molecule has 2 N–H and O–H groups in total. The third-order valence-corrected chi connectivity index (χ3v) is 4.59. The lowest BCUT2D eigenvalue weighted by Gasteiger charge is -2.26. The molecule has 0 bridgehead atoms. The number of hydrogen-bond acceptors (Lipinski definition) is 7. The number of piperazine rings is 1. The Morgan fingerprint density at radius 2 is 1.86 bits per heavy atom. The fraction of sp³-hybridized carbons (Fsp3) is 0.316. The summed E-state index contributed by atoms with van der Waals surface area (Å²) in [6.45, 7) is 5.39. The first-order chi connectivity index (χ1) is 13.7. The predicted molar refractivity (Wildman–Crippen MR) is 104 cm³/mol. The van der Waals surface area contributed by atoms with E-state index >= 15 is 0 Å². The number of rotatable bonds is 5. The third-order valence-electron chi connectivity index (χ3n) is 4.59. The van der Waals surface area contributed by atoms with Crippen LogP contribution >= 0.6 is 0 Å². The number of nitrogens with zero attached hydrogens (tertiary/aromatic N) is 6. The van der Waals surface area contributed by atoms with Gasteiger partial charge in [0.15, 0.2) is 5.69 Å². The second-order valence-corrected chi connectivity index (χ2v) is 6.56. The van der Waals surface area contributed by atoms with Crippen molar-refractivity contribution < 1.29 is 4.79 Å². The summed E-state index contributed by atoms with van der Waals surface area (Å²) >= 11 is 0. The van der Waals surface area contributed by atoms with E-state index in [1.54, 1.807) is 21.8 Å². The maximum absolute atomic E-state index is 12.4. The minimum Gasteiger partial charge on any atom is -0.363 e. The molecule has 28 heavy (non-hydrogen) atoms. The molecular weight excluding hydrogens is 356 g/mol. The molecule has 9 nitrogen and oxygen atoms in total. The number of nitrogens with one attached hydrogen (secondary N) is 2. The second-order valence-electron chi connectivity index (χ2n) is 6.56. The molecule has 0 saturated carbocycles. The van der Waals surface area contributed by atoms with Gasteiger partial charge in [-0.1, -0.05) is 18.2 Å². The number of aromatic nitrogens is 5. The lowest BCUT2D eigenvalue weighted by Crippen LogP contribution is -2.46. The average molecular weight is 378 g/mol. The zero-order valence-electron chi connectivity index (χ0n) is 15.7. The monoisotopic (exact) mass is 378 g/mol. The fourth-order valence-corrected chi connectivity index (χ4v) is 2.99. The van der Waals surface area contributed by atoms with E-state index in [1.807, 2.05) is 37.3 Å². The van der Waals surface area contributed by atoms with Crippen LogP contribution in [0.2, 0.25) is 0 Å². The van der Waals surface area contributed by atoms with Crippen LogP contribution in [0.15, 0.2) is 42.5 Å². The van der Waals surface area contributed by atoms with Crippen molar-refractivity contribution in [3.05, 3.63) is 59.5 Å². The molecule has 0 radical (unpaired) electrons. The minimum absolute atomic E-state index is 0.0813. The molecule has 3 aromatic rings. The summed E-state index contributed by atoms with van der Waals surface area (Å²) < 4.78 is 0. The van der Waals surface area contributed by atoms with Crippen molar-refractivity contribution in [3.63, 3.8) is 0 Å². The lowest BCUT2D eigenvalue weighted by atomic mass is 10.3. The molecule has 1 aliphatic rings. The molecule has 1 fully saturated rings. The molecule has 1 amide bonds. The van der Waals surface area contributed by atoms with Crippen molar-refractivity contribution in [2.45, 2.75) is 13.5 Å². The van der Waals surface area contributed by atoms with Crippen LogP contribution in [0.5, 0.6) is 0 Å². The van der Waals surface area contributed by atoms with E-state index in [2.05, 4.69) is 31.0 Å². The number of hydrogen-bond donors (Lipinski definition) is 2. The summed E-state index contributed by atoms with van der Waals surface area (Å²) in [6.07, 6.45) is 0. The summed E-state index contributed by atoms with van der Waals surface area (Å²) in [5, 5.41) is 23.6. The predicted octanol–water partition coefficient (Wildman–Crippen LogP) is 1.02. The summed E-state index contributed by atoms with van der Waals surface area (Å²) in [5.74, 6) is 0.507. The number of aryl methyl sites for hydroxylation is 1. The largest absolute Gasteiger partial charge is 0.363 e. The number of carbonyl (C=O) groups excluding carboxylic acids is 1. The maximum atomic E-state index is 12.4. The van der Waals surface area contributed by atoms with E-state index in [1.165, 1.54) is 0 Å². The van der Waals surface area contributed by atoms with E-state index in [0.29, 0.717) is 31.1 Å². The van der Waals surface area contributed by atoms with Crippen molar-refractivity contribution in [1.29, 1.82) is 0 Å². The van der Waals surface area contributed by atoms with Crippen LogP contribution in [-0.4, -0.2) is 62.2 Å². The molecule has 0 aliphatic carbocycles. The highest BCUT2D eigenvalue weighted by Crippen LogP contribution is 2.11. The normalized spacial score (nSPS) is 14.1. The topological polar surface area (TPSA) is 101 Å². The molecule has 1 saturated heterocycles. The Morgan fingerprint density at radius 1 is 1.07 bits per heavy atom. The number of para-hydroxylation sites is 1. The standard InChI is InChI=1S/C19H22N8O/c1-14-17(25-27(24-14)15-5-3-2-4-6-15)13-21-18-8-7-16(22-23-18)19(28)26-11-9-20-10-12-26/h2-8,20H,9-13H2,1H3,(H,21,23). The van der Waals surface area contributed by atoms with Gasteiger partial charge in [0, 0.05) is 26.2 Å². The second kappa shape index (κ2) is 8.13. The van der Waals surface area contributed by atoms with Gasteiger partial charge in [-0.05, 0) is 31.2 Å². The van der Waals surface area contributed by atoms with E-state index in [4.69, 9.17) is 0 Å². The van der Waals surface area contributed by atoms with E-state index in [0.717, 1.165) is 30.2 Å². The Hall–Kier alpha value is -3.33. The first-order valence-corrected chi connectivity index (χ1v) is 9.26. The molecule has 0 spiro atoms. The summed E-state index contributed by atoms with van der Waals surface area (Å²) in [4.78, 5) is 15.8. The first-order valence-electron chi connectivity index (χ1n) is 9.26. The maximum Gasteiger partial charge on any atom is 0.274 e. The Balaban J connectivity index is 1.39. The zero-order chi connectivity index (χ0) is 19.3. The van der Waals surface area contributed by atoms with Gasteiger partial charge in [0.25, 0.3) is 5.91 Å². The van der Waals surface area contributed by atoms with Gasteiger partial charge in [0.2, 0.25) is 0 Å². The molecule has 4 rings (SSSR count). The highest BCUT2D eigenvalue weighted by atomic mass is 16.2. The minimum atomic E-state index is -0.0813. The van der Waals surface area contributed by atoms with Gasteiger partial charge < -0.3 is 15.5 Å². The number of amides is 1. The average Bonchev–Trinajstić information content (AvgIpc) is 3.14. The molecule has 9 heteroatoms. The quantitative estimate of drug-likeness (QED) is 0.684. The number of benzene rings is 1. The lowest BCUT2D eigenvalue weighted by molar-refractivity contribution is 0.0728. The molecule has 1 aromatic carbocycles. The molecule has 2 aromatic heterocycles. The van der Waals surface area contributed by atoms with Gasteiger partial charge in [-0.2, -0.15) is 15.0 Å². The van der Waals surface area contributed by atoms with Crippen LogP contribution in [0.25, 0.3) is 5.69 Å². The van der Waals surface area contributed by atoms with Crippen molar-refractivity contribution in [2.24, 2.45) is 0 Å². The summed E-state index contributed by atoms with van der Waals surface area (Å²) in [6, 6.07) is 13.2. The number of carbonyl (C=O) groups is 1. The van der Waals surface area contributed by atoms with Crippen LogP contribution in [0.3, 0.4) is 0 Å². The van der Waals surface area contributed by atoms with Gasteiger partial charge in [-0.25, -0.2) is 0 Å². The molecule has 1 aliphatic heterocycles. The van der Waals surface area contributed by atoms with Crippen LogP contribution in [0, 0.1) is 6.92 Å². The molecule has 0 unspecified atom stereocenters. The van der Waals surface area contributed by atoms with Gasteiger partial charge in [0.1, 0.15) is 11.5 Å². The molecule has 0 atom stereocenters. The van der Waals surface area contributed by atoms with Crippen molar-refractivity contribution in [1.82, 2.24) is 35.4 Å². The first kappa shape index (κ1) is 18.1. The van der Waals surface area contributed by atoms with Gasteiger partial charge in [0.05, 0.1) is 17.9 Å². The molecule has 144 valence electrons. The fourth-order valence-electron chi connectivity index (χ4n) is 2.99. The van der Waals surface area contributed by atoms with E-state index in [9.17, 15) is 4.79 Å². The molecule has 3 heterocycles. The third kappa shape index (κ3) is 3.99. The van der Waals surface area contributed by atoms with E-state index in [-0.39, 0.29) is 5.91 Å². The SMILES string of the molecule is Cc1nn(-c2ccccc2)nc1CNc1ccc(C(=O)N2CCNCC2)nn1. The van der Waals surface area contributed by atoms with Crippen LogP contribution in [-0.2, 0) is 6.54 Å². The van der Waals surface area contributed by atoms with Crippen LogP contribution in [0.1, 0.15) is 21.9 Å².